The van der Waals surface area contributed by atoms with Gasteiger partial charge in [0.15, 0.2) is 0 Å². The predicted octanol–water partition coefficient (Wildman–Crippen LogP) is 3.25. The van der Waals surface area contributed by atoms with E-state index in [4.69, 9.17) is 9.84 Å². The Morgan fingerprint density at radius 1 is 1.36 bits per heavy atom. The standard InChI is InChI=1S/C12H16O2/c1-10(2)9-14-12-6-4-3-5-11(12)7-8-13/h3-8,10,13H,9H2,1-2H3. The van der Waals surface area contributed by atoms with Gasteiger partial charge in [-0.1, -0.05) is 32.0 Å². The second kappa shape index (κ2) is 5.32. The Morgan fingerprint density at radius 2 is 2.07 bits per heavy atom. The normalized spacial score (nSPS) is 11.1. The van der Waals surface area contributed by atoms with E-state index in [1.165, 1.54) is 0 Å². The number of aliphatic hydroxyl groups excluding tert-OH is 1. The summed E-state index contributed by atoms with van der Waals surface area (Å²) in [6, 6.07) is 7.64. The molecule has 0 saturated carbocycles. The van der Waals surface area contributed by atoms with Crippen LogP contribution >= 0.6 is 0 Å². The molecule has 0 aliphatic heterocycles. The zero-order valence-electron chi connectivity index (χ0n) is 8.60. The lowest BCUT2D eigenvalue weighted by molar-refractivity contribution is 0.270. The molecule has 0 unspecified atom stereocenters. The van der Waals surface area contributed by atoms with Gasteiger partial charge in [-0.15, -0.1) is 0 Å². The smallest absolute Gasteiger partial charge is 0.126 e. The summed E-state index contributed by atoms with van der Waals surface area (Å²) in [4.78, 5) is 0. The van der Waals surface area contributed by atoms with Gasteiger partial charge in [0.05, 0.1) is 12.9 Å². The lowest BCUT2D eigenvalue weighted by atomic mass is 10.2. The van der Waals surface area contributed by atoms with Crippen molar-refractivity contribution >= 4 is 6.08 Å². The molecule has 0 aliphatic carbocycles. The molecular weight excluding hydrogens is 176 g/mol. The summed E-state index contributed by atoms with van der Waals surface area (Å²) in [7, 11) is 0. The van der Waals surface area contributed by atoms with Gasteiger partial charge < -0.3 is 9.84 Å². The van der Waals surface area contributed by atoms with Gasteiger partial charge in [-0.2, -0.15) is 0 Å². The van der Waals surface area contributed by atoms with Gasteiger partial charge in [0, 0.05) is 5.56 Å². The summed E-state index contributed by atoms with van der Waals surface area (Å²) in [6.07, 6.45) is 2.65. The van der Waals surface area contributed by atoms with Crippen molar-refractivity contribution in [2.24, 2.45) is 5.92 Å². The summed E-state index contributed by atoms with van der Waals surface area (Å²) in [5.41, 5.74) is 0.899. The Hall–Kier alpha value is -1.44. The fraction of sp³-hybridized carbons (Fsp3) is 0.333. The number of benzene rings is 1. The molecule has 1 N–H and O–H groups in total. The highest BCUT2D eigenvalue weighted by Gasteiger charge is 2.00. The Balaban J connectivity index is 2.74. The summed E-state index contributed by atoms with van der Waals surface area (Å²) in [5, 5.41) is 8.69. The van der Waals surface area contributed by atoms with Crippen LogP contribution in [0.3, 0.4) is 0 Å². The monoisotopic (exact) mass is 192 g/mol. The van der Waals surface area contributed by atoms with Crippen molar-refractivity contribution in [1.29, 1.82) is 0 Å². The largest absolute Gasteiger partial charge is 0.516 e. The van der Waals surface area contributed by atoms with Gasteiger partial charge in [0.1, 0.15) is 5.75 Å². The summed E-state index contributed by atoms with van der Waals surface area (Å²) < 4.78 is 5.59. The summed E-state index contributed by atoms with van der Waals surface area (Å²) >= 11 is 0. The van der Waals surface area contributed by atoms with E-state index in [1.807, 2.05) is 24.3 Å². The van der Waals surface area contributed by atoms with Crippen LogP contribution in [0.4, 0.5) is 0 Å². The van der Waals surface area contributed by atoms with E-state index >= 15 is 0 Å². The highest BCUT2D eigenvalue weighted by atomic mass is 16.5. The van der Waals surface area contributed by atoms with Crippen LogP contribution in [0.5, 0.6) is 5.75 Å². The van der Waals surface area contributed by atoms with Crippen LogP contribution in [-0.2, 0) is 0 Å². The van der Waals surface area contributed by atoms with E-state index in [1.54, 1.807) is 6.08 Å². The first-order chi connectivity index (χ1) is 6.74. The summed E-state index contributed by atoms with van der Waals surface area (Å²) in [5.74, 6) is 1.31. The molecule has 0 amide bonds. The molecule has 0 aromatic heterocycles. The van der Waals surface area contributed by atoms with Crippen molar-refractivity contribution in [1.82, 2.24) is 0 Å². The fourth-order valence-corrected chi connectivity index (χ4v) is 1.09. The van der Waals surface area contributed by atoms with Crippen molar-refractivity contribution in [3.05, 3.63) is 36.1 Å². The topological polar surface area (TPSA) is 29.5 Å². The van der Waals surface area contributed by atoms with Crippen LogP contribution in [0.25, 0.3) is 6.08 Å². The molecule has 0 radical (unpaired) electrons. The van der Waals surface area contributed by atoms with Crippen molar-refractivity contribution in [3.8, 4) is 5.75 Å². The molecule has 2 nitrogen and oxygen atoms in total. The third kappa shape index (κ3) is 3.13. The first kappa shape index (κ1) is 10.6. The maximum absolute atomic E-state index is 8.69. The Bertz CT molecular complexity index is 303. The van der Waals surface area contributed by atoms with E-state index in [0.29, 0.717) is 12.5 Å². The number of hydrogen-bond acceptors (Lipinski definition) is 2. The fourth-order valence-electron chi connectivity index (χ4n) is 1.09. The molecule has 0 fully saturated rings. The molecule has 76 valence electrons. The van der Waals surface area contributed by atoms with Gasteiger partial charge in [-0.3, -0.25) is 0 Å². The molecule has 1 rings (SSSR count). The molecule has 0 bridgehead atoms. The molecule has 1 aromatic carbocycles. The van der Waals surface area contributed by atoms with Crippen LogP contribution < -0.4 is 4.74 Å². The van der Waals surface area contributed by atoms with E-state index in [-0.39, 0.29) is 0 Å². The minimum atomic E-state index is 0.501. The van der Waals surface area contributed by atoms with Crippen LogP contribution in [0.2, 0.25) is 0 Å². The molecule has 0 heterocycles. The average Bonchev–Trinajstić information content (AvgIpc) is 2.17. The van der Waals surface area contributed by atoms with Crippen LogP contribution in [-0.4, -0.2) is 11.7 Å². The van der Waals surface area contributed by atoms with Crippen LogP contribution in [0, 0.1) is 5.92 Å². The van der Waals surface area contributed by atoms with Gasteiger partial charge in [-0.25, -0.2) is 0 Å². The number of ether oxygens (including phenoxy) is 1. The van der Waals surface area contributed by atoms with E-state index < -0.39 is 0 Å². The van der Waals surface area contributed by atoms with Crippen LogP contribution in [0.1, 0.15) is 19.4 Å². The van der Waals surface area contributed by atoms with Crippen molar-refractivity contribution in [2.45, 2.75) is 13.8 Å². The number of rotatable bonds is 4. The van der Waals surface area contributed by atoms with Gasteiger partial charge in [0.25, 0.3) is 0 Å². The van der Waals surface area contributed by atoms with Crippen LogP contribution in [0.15, 0.2) is 30.5 Å². The lowest BCUT2D eigenvalue weighted by Crippen LogP contribution is -2.05. The quantitative estimate of drug-likeness (QED) is 0.742. The Kier molecular flexibility index (Phi) is 4.05. The van der Waals surface area contributed by atoms with Gasteiger partial charge >= 0.3 is 0 Å². The molecule has 0 aliphatic rings. The summed E-state index contributed by atoms with van der Waals surface area (Å²) in [6.45, 7) is 4.89. The Labute approximate surface area is 84.8 Å². The first-order valence-electron chi connectivity index (χ1n) is 4.76. The second-order valence-electron chi connectivity index (χ2n) is 3.56. The third-order valence-corrected chi connectivity index (χ3v) is 1.75. The second-order valence-corrected chi connectivity index (χ2v) is 3.56. The number of hydrogen-bond donors (Lipinski definition) is 1. The third-order valence-electron chi connectivity index (χ3n) is 1.75. The van der Waals surface area contributed by atoms with E-state index in [0.717, 1.165) is 17.6 Å². The lowest BCUT2D eigenvalue weighted by Gasteiger charge is -2.10. The maximum atomic E-state index is 8.69. The Morgan fingerprint density at radius 3 is 2.71 bits per heavy atom. The minimum Gasteiger partial charge on any atom is -0.516 e. The molecule has 0 spiro atoms. The highest BCUT2D eigenvalue weighted by molar-refractivity contribution is 5.56. The van der Waals surface area contributed by atoms with E-state index in [9.17, 15) is 0 Å². The zero-order chi connectivity index (χ0) is 10.4. The molecule has 0 saturated heterocycles. The molecule has 14 heavy (non-hydrogen) atoms. The SMILES string of the molecule is CC(C)COc1ccccc1C=CO. The zero-order valence-corrected chi connectivity index (χ0v) is 8.60. The molecule has 0 atom stereocenters. The molecule has 2 heteroatoms. The number of para-hydroxylation sites is 1. The molecule has 1 aromatic rings. The predicted molar refractivity (Wildman–Crippen MR) is 58.4 cm³/mol. The van der Waals surface area contributed by atoms with Crippen molar-refractivity contribution in [2.75, 3.05) is 6.61 Å². The number of aliphatic hydroxyl groups is 1. The van der Waals surface area contributed by atoms with Gasteiger partial charge in [-0.05, 0) is 18.1 Å². The maximum Gasteiger partial charge on any atom is 0.126 e. The van der Waals surface area contributed by atoms with Crippen molar-refractivity contribution < 1.29 is 9.84 Å². The highest BCUT2D eigenvalue weighted by Crippen LogP contribution is 2.19. The van der Waals surface area contributed by atoms with Crippen molar-refractivity contribution in [3.63, 3.8) is 0 Å². The average molecular weight is 192 g/mol. The van der Waals surface area contributed by atoms with Gasteiger partial charge in [0.2, 0.25) is 0 Å². The van der Waals surface area contributed by atoms with E-state index in [2.05, 4.69) is 13.8 Å². The minimum absolute atomic E-state index is 0.501. The molecular formula is C12H16O2. The first-order valence-corrected chi connectivity index (χ1v) is 4.76.